The van der Waals surface area contributed by atoms with Crippen LogP contribution in [0.15, 0.2) is 36.4 Å². The molecule has 1 aliphatic rings. The molecule has 0 bridgehead atoms. The molecule has 2 aromatic carbocycles. The molecule has 3 heteroatoms. The van der Waals surface area contributed by atoms with E-state index < -0.39 is 0 Å². The Morgan fingerprint density at radius 1 is 1.16 bits per heavy atom. The fourth-order valence-corrected chi connectivity index (χ4v) is 2.75. The summed E-state index contributed by atoms with van der Waals surface area (Å²) in [6, 6.07) is 12.6. The van der Waals surface area contributed by atoms with Crippen molar-refractivity contribution in [1.29, 1.82) is 0 Å². The summed E-state index contributed by atoms with van der Waals surface area (Å²) in [5, 5.41) is 4.39. The molecule has 19 heavy (non-hydrogen) atoms. The van der Waals surface area contributed by atoms with Crippen LogP contribution in [0.4, 0.5) is 5.69 Å². The molecule has 3 rings (SSSR count). The molecule has 1 heterocycles. The Kier molecular flexibility index (Phi) is 3.11. The van der Waals surface area contributed by atoms with Gasteiger partial charge in [-0.15, -0.1) is 0 Å². The third-order valence-corrected chi connectivity index (χ3v) is 4.16. The maximum absolute atomic E-state index is 6.17. The highest BCUT2D eigenvalue weighted by Gasteiger charge is 2.24. The quantitative estimate of drug-likeness (QED) is 0.877. The molecule has 2 aromatic rings. The van der Waals surface area contributed by atoms with E-state index in [1.807, 2.05) is 18.2 Å². The largest absolute Gasteiger partial charge is 0.497 e. The average molecular weight is 274 g/mol. The molecular weight excluding hydrogens is 258 g/mol. The number of anilines is 1. The summed E-state index contributed by atoms with van der Waals surface area (Å²) in [6.07, 6.45) is 1.000. The van der Waals surface area contributed by atoms with Gasteiger partial charge in [-0.1, -0.05) is 29.8 Å². The summed E-state index contributed by atoms with van der Waals surface area (Å²) in [6.45, 7) is 2.06. The van der Waals surface area contributed by atoms with Crippen LogP contribution in [-0.2, 0) is 6.42 Å². The van der Waals surface area contributed by atoms with Crippen LogP contribution in [0.25, 0.3) is 0 Å². The van der Waals surface area contributed by atoms with Crippen molar-refractivity contribution in [2.45, 2.75) is 19.4 Å². The van der Waals surface area contributed by atoms with Crippen molar-refractivity contribution in [3.05, 3.63) is 58.1 Å². The lowest BCUT2D eigenvalue weighted by Gasteiger charge is -2.13. The Balaban J connectivity index is 1.88. The third-order valence-electron chi connectivity index (χ3n) is 3.75. The van der Waals surface area contributed by atoms with E-state index in [1.54, 1.807) is 7.11 Å². The van der Waals surface area contributed by atoms with Crippen molar-refractivity contribution >= 4 is 17.3 Å². The molecule has 0 saturated heterocycles. The van der Waals surface area contributed by atoms with Gasteiger partial charge in [0.2, 0.25) is 0 Å². The van der Waals surface area contributed by atoms with E-state index in [1.165, 1.54) is 16.8 Å². The van der Waals surface area contributed by atoms with Crippen LogP contribution < -0.4 is 10.1 Å². The number of halogens is 1. The van der Waals surface area contributed by atoms with E-state index in [-0.39, 0.29) is 0 Å². The van der Waals surface area contributed by atoms with Gasteiger partial charge in [0.1, 0.15) is 5.75 Å². The van der Waals surface area contributed by atoms with Crippen molar-refractivity contribution in [2.24, 2.45) is 0 Å². The Hall–Kier alpha value is -1.67. The van der Waals surface area contributed by atoms with Crippen LogP contribution in [0.2, 0.25) is 5.02 Å². The minimum Gasteiger partial charge on any atom is -0.497 e. The van der Waals surface area contributed by atoms with Gasteiger partial charge >= 0.3 is 0 Å². The van der Waals surface area contributed by atoms with Crippen molar-refractivity contribution in [3.63, 3.8) is 0 Å². The topological polar surface area (TPSA) is 21.3 Å². The van der Waals surface area contributed by atoms with Gasteiger partial charge in [0.15, 0.2) is 0 Å². The highest BCUT2D eigenvalue weighted by molar-refractivity contribution is 6.31. The maximum atomic E-state index is 6.17. The summed E-state index contributed by atoms with van der Waals surface area (Å²) in [4.78, 5) is 0. The zero-order chi connectivity index (χ0) is 13.4. The van der Waals surface area contributed by atoms with E-state index in [0.29, 0.717) is 6.04 Å². The molecule has 0 radical (unpaired) electrons. The highest BCUT2D eigenvalue weighted by Crippen LogP contribution is 2.39. The average Bonchev–Trinajstić information content (AvgIpc) is 2.88. The molecule has 0 spiro atoms. The predicted molar refractivity (Wildman–Crippen MR) is 79.3 cm³/mol. The van der Waals surface area contributed by atoms with Crippen molar-refractivity contribution in [1.82, 2.24) is 0 Å². The molecule has 0 saturated carbocycles. The van der Waals surface area contributed by atoms with Gasteiger partial charge in [-0.05, 0) is 48.2 Å². The SMILES string of the molecule is COc1ccc(C2Cc3ccc(Cl)c(C)c3N2)cc1. The van der Waals surface area contributed by atoms with Gasteiger partial charge in [0, 0.05) is 10.7 Å². The number of ether oxygens (including phenoxy) is 1. The van der Waals surface area contributed by atoms with Crippen LogP contribution in [0, 0.1) is 6.92 Å². The first-order valence-corrected chi connectivity index (χ1v) is 6.75. The molecule has 1 unspecified atom stereocenters. The van der Waals surface area contributed by atoms with E-state index in [4.69, 9.17) is 16.3 Å². The van der Waals surface area contributed by atoms with E-state index >= 15 is 0 Å². The van der Waals surface area contributed by atoms with Crippen molar-refractivity contribution in [2.75, 3.05) is 12.4 Å². The Morgan fingerprint density at radius 2 is 1.89 bits per heavy atom. The standard InChI is InChI=1S/C16H16ClNO/c1-10-14(17)8-5-12-9-15(18-16(10)12)11-3-6-13(19-2)7-4-11/h3-8,15,18H,9H2,1-2H3. The van der Waals surface area contributed by atoms with Gasteiger partial charge in [-0.3, -0.25) is 0 Å². The van der Waals surface area contributed by atoms with Crippen LogP contribution in [0.3, 0.4) is 0 Å². The summed E-state index contributed by atoms with van der Waals surface area (Å²) >= 11 is 6.17. The molecule has 0 fully saturated rings. The summed E-state index contributed by atoms with van der Waals surface area (Å²) in [5.41, 5.74) is 4.93. The Labute approximate surface area is 118 Å². The number of methoxy groups -OCH3 is 1. The monoisotopic (exact) mass is 273 g/mol. The fourth-order valence-electron chi connectivity index (χ4n) is 2.60. The van der Waals surface area contributed by atoms with Gasteiger partial charge in [0.05, 0.1) is 13.2 Å². The molecule has 1 N–H and O–H groups in total. The molecule has 1 atom stereocenters. The Morgan fingerprint density at radius 3 is 2.58 bits per heavy atom. The van der Waals surface area contributed by atoms with E-state index in [2.05, 4.69) is 30.4 Å². The molecule has 1 aliphatic heterocycles. The number of hydrogen-bond donors (Lipinski definition) is 1. The second-order valence-electron chi connectivity index (χ2n) is 4.88. The van der Waals surface area contributed by atoms with Gasteiger partial charge < -0.3 is 10.1 Å². The van der Waals surface area contributed by atoms with Crippen LogP contribution in [0.5, 0.6) is 5.75 Å². The molecular formula is C16H16ClNO. The lowest BCUT2D eigenvalue weighted by molar-refractivity contribution is 0.414. The van der Waals surface area contributed by atoms with Gasteiger partial charge in [-0.2, -0.15) is 0 Å². The van der Waals surface area contributed by atoms with E-state index in [0.717, 1.165) is 22.8 Å². The number of benzene rings is 2. The molecule has 0 aromatic heterocycles. The second-order valence-corrected chi connectivity index (χ2v) is 5.29. The predicted octanol–water partition coefficient (Wildman–Crippen LogP) is 4.37. The summed E-state index contributed by atoms with van der Waals surface area (Å²) in [5.74, 6) is 0.887. The number of hydrogen-bond acceptors (Lipinski definition) is 2. The number of nitrogens with one attached hydrogen (secondary N) is 1. The molecule has 0 amide bonds. The van der Waals surface area contributed by atoms with Crippen molar-refractivity contribution in [3.8, 4) is 5.75 Å². The maximum Gasteiger partial charge on any atom is 0.118 e. The first kappa shape index (κ1) is 12.4. The third kappa shape index (κ3) is 2.17. The second kappa shape index (κ2) is 4.78. The summed E-state index contributed by atoms with van der Waals surface area (Å²) < 4.78 is 5.19. The first-order valence-electron chi connectivity index (χ1n) is 6.37. The fraction of sp³-hybridized carbons (Fsp3) is 0.250. The van der Waals surface area contributed by atoms with Crippen LogP contribution in [0.1, 0.15) is 22.7 Å². The smallest absolute Gasteiger partial charge is 0.118 e. The van der Waals surface area contributed by atoms with Gasteiger partial charge in [0.25, 0.3) is 0 Å². The Bertz CT molecular complexity index is 607. The first-order chi connectivity index (χ1) is 9.19. The lowest BCUT2D eigenvalue weighted by Crippen LogP contribution is -2.05. The number of rotatable bonds is 2. The lowest BCUT2D eigenvalue weighted by atomic mass is 10.0. The van der Waals surface area contributed by atoms with Crippen LogP contribution >= 0.6 is 11.6 Å². The van der Waals surface area contributed by atoms with Gasteiger partial charge in [-0.25, -0.2) is 0 Å². The molecule has 2 nitrogen and oxygen atoms in total. The normalized spacial score (nSPS) is 16.9. The van der Waals surface area contributed by atoms with Crippen LogP contribution in [-0.4, -0.2) is 7.11 Å². The summed E-state index contributed by atoms with van der Waals surface area (Å²) in [7, 11) is 1.68. The zero-order valence-electron chi connectivity index (χ0n) is 11.0. The molecule has 0 aliphatic carbocycles. The minimum absolute atomic E-state index is 0.318. The minimum atomic E-state index is 0.318. The van der Waals surface area contributed by atoms with Crippen molar-refractivity contribution < 1.29 is 4.74 Å². The van der Waals surface area contributed by atoms with E-state index in [9.17, 15) is 0 Å². The number of fused-ring (bicyclic) bond motifs is 1. The zero-order valence-corrected chi connectivity index (χ0v) is 11.8. The molecule has 98 valence electrons. The highest BCUT2D eigenvalue weighted by atomic mass is 35.5.